The molecule has 0 fully saturated rings. The molecule has 1 heteroatoms. The van der Waals surface area contributed by atoms with Gasteiger partial charge in [-0.2, -0.15) is 0 Å². The predicted octanol–water partition coefficient (Wildman–Crippen LogP) is 16.6. The van der Waals surface area contributed by atoms with Crippen molar-refractivity contribution in [3.63, 3.8) is 0 Å². The third-order valence-corrected chi connectivity index (χ3v) is 13.2. The Morgan fingerprint density at radius 1 is 0.317 bits per heavy atom. The Kier molecular flexibility index (Phi) is 7.65. The lowest BCUT2D eigenvalue weighted by Gasteiger charge is -2.28. The minimum absolute atomic E-state index is 0.0546. The first-order chi connectivity index (χ1) is 29.5. The SMILES string of the molecule is CC1(C)c2ccccc2-c2cc(N(c3ccc(-c4cc5cc(-c6cccc7ccccc67)c6ccccc6c5c5ccccc45)cc3)c3cccc4ccccc34)ccc21. The summed E-state index contributed by atoms with van der Waals surface area (Å²) >= 11 is 0. The molecule has 1 nitrogen and oxygen atoms in total. The van der Waals surface area contributed by atoms with Crippen LogP contribution < -0.4 is 4.90 Å². The van der Waals surface area contributed by atoms with Gasteiger partial charge in [0.2, 0.25) is 0 Å². The molecule has 0 aromatic heterocycles. The maximum absolute atomic E-state index is 2.45. The molecule has 0 saturated heterocycles. The molecule has 0 spiro atoms. The van der Waals surface area contributed by atoms with Gasteiger partial charge >= 0.3 is 0 Å². The molecule has 282 valence electrons. The Bertz CT molecular complexity index is 3510. The smallest absolute Gasteiger partial charge is 0.0540 e. The Morgan fingerprint density at radius 3 is 1.58 bits per heavy atom. The zero-order chi connectivity index (χ0) is 40.0. The van der Waals surface area contributed by atoms with Gasteiger partial charge in [-0.05, 0) is 135 Å². The van der Waals surface area contributed by atoms with E-state index in [-0.39, 0.29) is 5.41 Å². The van der Waals surface area contributed by atoms with Gasteiger partial charge in [-0.25, -0.2) is 0 Å². The van der Waals surface area contributed by atoms with Crippen molar-refractivity contribution in [2.24, 2.45) is 0 Å². The first-order valence-corrected chi connectivity index (χ1v) is 21.0. The van der Waals surface area contributed by atoms with Gasteiger partial charge in [0, 0.05) is 22.2 Å². The highest BCUT2D eigenvalue weighted by Crippen LogP contribution is 2.51. The van der Waals surface area contributed by atoms with Gasteiger partial charge in [-0.1, -0.05) is 184 Å². The monoisotopic (exact) mass is 763 g/mol. The molecule has 0 heterocycles. The number of nitrogens with zero attached hydrogens (tertiary/aromatic N) is 1. The topological polar surface area (TPSA) is 3.24 Å². The summed E-state index contributed by atoms with van der Waals surface area (Å²) in [4.78, 5) is 2.45. The van der Waals surface area contributed by atoms with E-state index in [2.05, 4.69) is 231 Å². The summed E-state index contributed by atoms with van der Waals surface area (Å²) in [5, 5.41) is 12.6. The summed E-state index contributed by atoms with van der Waals surface area (Å²) in [6, 6.07) is 78.8. The highest BCUT2D eigenvalue weighted by Gasteiger charge is 2.35. The average Bonchev–Trinajstić information content (AvgIpc) is 3.53. The van der Waals surface area contributed by atoms with Crippen LogP contribution in [-0.2, 0) is 5.41 Å². The molecule has 60 heavy (non-hydrogen) atoms. The van der Waals surface area contributed by atoms with E-state index >= 15 is 0 Å². The third kappa shape index (κ3) is 5.19. The highest BCUT2D eigenvalue weighted by molar-refractivity contribution is 6.26. The van der Waals surface area contributed by atoms with Gasteiger partial charge in [-0.15, -0.1) is 0 Å². The van der Waals surface area contributed by atoms with Gasteiger partial charge in [0.25, 0.3) is 0 Å². The fourth-order valence-electron chi connectivity index (χ4n) is 10.4. The summed E-state index contributed by atoms with van der Waals surface area (Å²) in [7, 11) is 0. The van der Waals surface area contributed by atoms with Crippen LogP contribution in [0.1, 0.15) is 25.0 Å². The molecular weight excluding hydrogens is 723 g/mol. The first-order valence-electron chi connectivity index (χ1n) is 21.0. The molecular formula is C59H41N. The minimum Gasteiger partial charge on any atom is -0.310 e. The summed E-state index contributed by atoms with van der Waals surface area (Å²) in [5.41, 5.74) is 13.7. The van der Waals surface area contributed by atoms with E-state index in [1.165, 1.54) is 98.4 Å². The number of hydrogen-bond donors (Lipinski definition) is 0. The standard InChI is InChI=1S/C59H41N/c1-59(2)55-27-12-11-23-49(55)54-37-43(33-34-56(54)59)60(57-28-14-18-39-16-4-6-20-45(39)57)42-31-29-40(30-32-42)52-35-41-36-53(46-26-13-17-38-15-3-5-19-44(38)46)48-22-8-10-25-51(48)58(41)50-24-9-7-21-47(50)52/h3-37H,1-2H3. The molecule has 12 rings (SSSR count). The fourth-order valence-corrected chi connectivity index (χ4v) is 10.4. The molecule has 0 saturated carbocycles. The van der Waals surface area contributed by atoms with E-state index in [4.69, 9.17) is 0 Å². The third-order valence-electron chi connectivity index (χ3n) is 13.2. The van der Waals surface area contributed by atoms with Crippen molar-refractivity contribution >= 4 is 70.9 Å². The second-order valence-electron chi connectivity index (χ2n) is 16.8. The molecule has 1 aliphatic carbocycles. The van der Waals surface area contributed by atoms with E-state index in [1.54, 1.807) is 0 Å². The summed E-state index contributed by atoms with van der Waals surface area (Å²) in [5.74, 6) is 0. The van der Waals surface area contributed by atoms with Crippen molar-refractivity contribution in [3.8, 4) is 33.4 Å². The maximum atomic E-state index is 2.45. The Morgan fingerprint density at radius 2 is 0.833 bits per heavy atom. The Hall–Kier alpha value is -7.48. The second-order valence-corrected chi connectivity index (χ2v) is 16.8. The molecule has 0 unspecified atom stereocenters. The molecule has 0 amide bonds. The van der Waals surface area contributed by atoms with Crippen LogP contribution in [0.5, 0.6) is 0 Å². The average molecular weight is 764 g/mol. The molecule has 11 aromatic carbocycles. The van der Waals surface area contributed by atoms with Crippen LogP contribution in [0.2, 0.25) is 0 Å². The largest absolute Gasteiger partial charge is 0.310 e. The van der Waals surface area contributed by atoms with E-state index < -0.39 is 0 Å². The summed E-state index contributed by atoms with van der Waals surface area (Å²) in [6.45, 7) is 4.70. The summed E-state index contributed by atoms with van der Waals surface area (Å²) < 4.78 is 0. The van der Waals surface area contributed by atoms with E-state index in [0.29, 0.717) is 0 Å². The lowest BCUT2D eigenvalue weighted by molar-refractivity contribution is 0.660. The minimum atomic E-state index is -0.0546. The normalized spacial score (nSPS) is 13.0. The Balaban J connectivity index is 1.05. The van der Waals surface area contributed by atoms with Crippen LogP contribution in [0.3, 0.4) is 0 Å². The number of fused-ring (bicyclic) bond motifs is 10. The number of anilines is 3. The van der Waals surface area contributed by atoms with E-state index in [0.717, 1.165) is 17.1 Å². The van der Waals surface area contributed by atoms with Gasteiger partial charge in [0.05, 0.1) is 5.69 Å². The Labute approximate surface area is 350 Å². The zero-order valence-electron chi connectivity index (χ0n) is 33.7. The molecule has 11 aromatic rings. The summed E-state index contributed by atoms with van der Waals surface area (Å²) in [6.07, 6.45) is 0. The maximum Gasteiger partial charge on any atom is 0.0540 e. The van der Waals surface area contributed by atoms with Crippen molar-refractivity contribution in [3.05, 3.63) is 223 Å². The van der Waals surface area contributed by atoms with Crippen molar-refractivity contribution in [2.75, 3.05) is 4.90 Å². The van der Waals surface area contributed by atoms with Crippen LogP contribution in [0.4, 0.5) is 17.1 Å². The van der Waals surface area contributed by atoms with Gasteiger partial charge in [0.15, 0.2) is 0 Å². The van der Waals surface area contributed by atoms with Crippen LogP contribution in [0.25, 0.3) is 87.2 Å². The molecule has 0 atom stereocenters. The van der Waals surface area contributed by atoms with Crippen molar-refractivity contribution in [1.82, 2.24) is 0 Å². The zero-order valence-corrected chi connectivity index (χ0v) is 33.7. The quantitative estimate of drug-likeness (QED) is 0.158. The number of benzene rings is 11. The van der Waals surface area contributed by atoms with E-state index in [9.17, 15) is 0 Å². The fraction of sp³-hybridized carbons (Fsp3) is 0.0508. The van der Waals surface area contributed by atoms with Crippen molar-refractivity contribution in [1.29, 1.82) is 0 Å². The number of hydrogen-bond acceptors (Lipinski definition) is 1. The van der Waals surface area contributed by atoms with Crippen LogP contribution in [0.15, 0.2) is 212 Å². The van der Waals surface area contributed by atoms with Crippen molar-refractivity contribution < 1.29 is 0 Å². The molecule has 1 aliphatic rings. The van der Waals surface area contributed by atoms with Gasteiger partial charge < -0.3 is 4.90 Å². The van der Waals surface area contributed by atoms with Crippen LogP contribution in [-0.4, -0.2) is 0 Å². The lowest BCUT2D eigenvalue weighted by atomic mass is 9.82. The second kappa shape index (κ2) is 13.3. The van der Waals surface area contributed by atoms with Crippen molar-refractivity contribution in [2.45, 2.75) is 19.3 Å². The van der Waals surface area contributed by atoms with Gasteiger partial charge in [0.1, 0.15) is 0 Å². The lowest BCUT2D eigenvalue weighted by Crippen LogP contribution is -2.15. The highest BCUT2D eigenvalue weighted by atomic mass is 15.1. The van der Waals surface area contributed by atoms with Gasteiger partial charge in [-0.3, -0.25) is 0 Å². The molecule has 0 bridgehead atoms. The molecule has 0 radical (unpaired) electrons. The molecule has 0 aliphatic heterocycles. The number of rotatable bonds is 5. The first kappa shape index (κ1) is 34.6. The van der Waals surface area contributed by atoms with Crippen LogP contribution in [0, 0.1) is 0 Å². The van der Waals surface area contributed by atoms with E-state index in [1.807, 2.05) is 0 Å². The van der Waals surface area contributed by atoms with Crippen LogP contribution >= 0.6 is 0 Å². The predicted molar refractivity (Wildman–Crippen MR) is 257 cm³/mol. The molecule has 0 N–H and O–H groups in total.